The Hall–Kier alpha value is -2.57. The Bertz CT molecular complexity index is 877. The fourth-order valence-electron chi connectivity index (χ4n) is 3.33. The van der Waals surface area contributed by atoms with E-state index >= 15 is 0 Å². The van der Waals surface area contributed by atoms with Crippen LogP contribution in [0.4, 0.5) is 4.39 Å². The summed E-state index contributed by atoms with van der Waals surface area (Å²) in [5.74, 6) is 0.602. The van der Waals surface area contributed by atoms with Crippen molar-refractivity contribution >= 4 is 0 Å². The van der Waals surface area contributed by atoms with Crippen molar-refractivity contribution < 1.29 is 14.0 Å². The molecule has 0 aliphatic carbocycles. The third-order valence-corrected chi connectivity index (χ3v) is 4.72. The molecule has 1 N–H and O–H groups in total. The number of aryl methyl sites for hydroxylation is 1. The van der Waals surface area contributed by atoms with E-state index < -0.39 is 6.10 Å². The van der Waals surface area contributed by atoms with Gasteiger partial charge >= 0.3 is 0 Å². The summed E-state index contributed by atoms with van der Waals surface area (Å²) in [5, 5.41) is 14.2. The minimum atomic E-state index is -0.424. The number of aromatic nitrogens is 2. The summed E-state index contributed by atoms with van der Waals surface area (Å²) in [5.41, 5.74) is 3.09. The molecule has 1 aliphatic rings. The summed E-state index contributed by atoms with van der Waals surface area (Å²) in [4.78, 5) is 6.63. The Labute approximate surface area is 151 Å². The van der Waals surface area contributed by atoms with Crippen LogP contribution in [0.3, 0.4) is 0 Å². The number of benzene rings is 2. The lowest BCUT2D eigenvalue weighted by molar-refractivity contribution is 0.169. The van der Waals surface area contributed by atoms with Gasteiger partial charge in [0.25, 0.3) is 0 Å². The van der Waals surface area contributed by atoms with E-state index in [1.54, 1.807) is 12.1 Å². The summed E-state index contributed by atoms with van der Waals surface area (Å²) in [6, 6.07) is 14.2. The van der Waals surface area contributed by atoms with Crippen LogP contribution in [0.5, 0.6) is 0 Å². The normalized spacial score (nSPS) is 20.6. The average molecular weight is 353 g/mol. The molecule has 1 saturated heterocycles. The van der Waals surface area contributed by atoms with E-state index in [1.165, 1.54) is 23.3 Å². The maximum Gasteiger partial charge on any atom is 0.244 e. The Morgan fingerprint density at radius 3 is 2.62 bits per heavy atom. The molecule has 1 fully saturated rings. The van der Waals surface area contributed by atoms with Gasteiger partial charge in [-0.2, -0.15) is 4.98 Å². The molecule has 0 amide bonds. The van der Waals surface area contributed by atoms with Gasteiger partial charge in [-0.3, -0.25) is 4.90 Å². The highest BCUT2D eigenvalue weighted by atomic mass is 19.1. The first kappa shape index (κ1) is 16.9. The van der Waals surface area contributed by atoms with Gasteiger partial charge in [0.15, 0.2) is 0 Å². The second-order valence-electron chi connectivity index (χ2n) is 6.78. The molecular weight excluding hydrogens is 333 g/mol. The van der Waals surface area contributed by atoms with E-state index in [0.29, 0.717) is 36.8 Å². The molecule has 0 spiro atoms. The highest BCUT2D eigenvalue weighted by Gasteiger charge is 2.35. The second kappa shape index (κ2) is 6.97. The third kappa shape index (κ3) is 3.52. The molecular formula is C20H20FN3O2. The quantitative estimate of drug-likeness (QED) is 0.778. The molecule has 4 rings (SSSR count). The molecule has 2 aromatic carbocycles. The van der Waals surface area contributed by atoms with Gasteiger partial charge in [-0.05, 0) is 43.2 Å². The molecule has 5 nitrogen and oxygen atoms in total. The smallest absolute Gasteiger partial charge is 0.244 e. The zero-order valence-corrected chi connectivity index (χ0v) is 14.5. The molecule has 3 aromatic rings. The summed E-state index contributed by atoms with van der Waals surface area (Å²) >= 11 is 0. The molecule has 1 aromatic heterocycles. The molecule has 134 valence electrons. The number of likely N-dealkylation sites (tertiary alicyclic amines) is 1. The maximum atomic E-state index is 13.1. The lowest BCUT2D eigenvalue weighted by Crippen LogP contribution is -2.24. The van der Waals surface area contributed by atoms with Gasteiger partial charge in [0.1, 0.15) is 5.82 Å². The monoisotopic (exact) mass is 353 g/mol. The summed E-state index contributed by atoms with van der Waals surface area (Å²) in [7, 11) is 0. The summed E-state index contributed by atoms with van der Waals surface area (Å²) < 4.78 is 18.5. The number of nitrogens with zero attached hydrogens (tertiary/aromatic N) is 3. The van der Waals surface area contributed by atoms with E-state index in [9.17, 15) is 9.50 Å². The SMILES string of the molecule is Cc1ccc(CN2CC(O)CC2c2nc(-c3ccc(F)cc3)no2)cc1. The average Bonchev–Trinajstić information content (AvgIpc) is 3.24. The van der Waals surface area contributed by atoms with Gasteiger partial charge < -0.3 is 9.63 Å². The van der Waals surface area contributed by atoms with Crippen LogP contribution < -0.4 is 0 Å². The van der Waals surface area contributed by atoms with Crippen molar-refractivity contribution in [3.8, 4) is 11.4 Å². The van der Waals surface area contributed by atoms with Crippen LogP contribution in [-0.2, 0) is 6.54 Å². The highest BCUT2D eigenvalue weighted by Crippen LogP contribution is 2.33. The number of halogens is 1. The van der Waals surface area contributed by atoms with Crippen LogP contribution in [0.1, 0.15) is 29.5 Å². The van der Waals surface area contributed by atoms with Crippen LogP contribution >= 0.6 is 0 Å². The van der Waals surface area contributed by atoms with Crippen molar-refractivity contribution in [2.24, 2.45) is 0 Å². The van der Waals surface area contributed by atoms with E-state index in [4.69, 9.17) is 4.52 Å². The summed E-state index contributed by atoms with van der Waals surface area (Å²) in [6.07, 6.45) is 0.128. The number of β-amino-alcohol motifs (C(OH)–C–C–N with tert-alkyl or cyclic N) is 1. The van der Waals surface area contributed by atoms with Gasteiger partial charge in [0.05, 0.1) is 12.1 Å². The minimum Gasteiger partial charge on any atom is -0.392 e. The second-order valence-corrected chi connectivity index (χ2v) is 6.78. The predicted octanol–water partition coefficient (Wildman–Crippen LogP) is 3.49. The molecule has 2 heterocycles. The van der Waals surface area contributed by atoms with Crippen LogP contribution in [0, 0.1) is 12.7 Å². The van der Waals surface area contributed by atoms with Crippen molar-refractivity contribution in [2.75, 3.05) is 6.54 Å². The van der Waals surface area contributed by atoms with Crippen LogP contribution in [0.2, 0.25) is 0 Å². The molecule has 2 unspecified atom stereocenters. The van der Waals surface area contributed by atoms with Gasteiger partial charge in [-0.25, -0.2) is 4.39 Å². The van der Waals surface area contributed by atoms with E-state index in [1.807, 2.05) is 0 Å². The number of hydrogen-bond donors (Lipinski definition) is 1. The van der Waals surface area contributed by atoms with Gasteiger partial charge in [-0.15, -0.1) is 0 Å². The van der Waals surface area contributed by atoms with E-state index in [0.717, 1.165) is 0 Å². The maximum absolute atomic E-state index is 13.1. The lowest BCUT2D eigenvalue weighted by Gasteiger charge is -2.21. The van der Waals surface area contributed by atoms with Gasteiger partial charge in [-0.1, -0.05) is 35.0 Å². The van der Waals surface area contributed by atoms with E-state index in [-0.39, 0.29) is 11.9 Å². The largest absolute Gasteiger partial charge is 0.392 e. The van der Waals surface area contributed by atoms with Crippen molar-refractivity contribution in [3.63, 3.8) is 0 Å². The van der Waals surface area contributed by atoms with Crippen LogP contribution in [-0.4, -0.2) is 32.8 Å². The highest BCUT2D eigenvalue weighted by molar-refractivity contribution is 5.53. The Balaban J connectivity index is 1.55. The first-order valence-corrected chi connectivity index (χ1v) is 8.66. The fraction of sp³-hybridized carbons (Fsp3) is 0.300. The van der Waals surface area contributed by atoms with Crippen molar-refractivity contribution in [2.45, 2.75) is 32.0 Å². The zero-order chi connectivity index (χ0) is 18.1. The van der Waals surface area contributed by atoms with Gasteiger partial charge in [0.2, 0.25) is 11.7 Å². The molecule has 6 heteroatoms. The Morgan fingerprint density at radius 2 is 1.88 bits per heavy atom. The number of hydrogen-bond acceptors (Lipinski definition) is 5. The molecule has 2 atom stereocenters. The Morgan fingerprint density at radius 1 is 1.15 bits per heavy atom. The van der Waals surface area contributed by atoms with E-state index in [2.05, 4.69) is 46.2 Å². The zero-order valence-electron chi connectivity index (χ0n) is 14.5. The standard InChI is InChI=1S/C20H20FN3O2/c1-13-2-4-14(5-3-13)11-24-12-17(25)10-18(24)20-22-19(23-26-20)15-6-8-16(21)9-7-15/h2-9,17-18,25H,10-12H2,1H3. The molecule has 0 saturated carbocycles. The molecule has 0 radical (unpaired) electrons. The number of rotatable bonds is 4. The molecule has 0 bridgehead atoms. The van der Waals surface area contributed by atoms with Crippen molar-refractivity contribution in [1.82, 2.24) is 15.0 Å². The first-order chi connectivity index (χ1) is 12.6. The topological polar surface area (TPSA) is 62.4 Å². The third-order valence-electron chi connectivity index (χ3n) is 4.72. The van der Waals surface area contributed by atoms with Crippen LogP contribution in [0.15, 0.2) is 53.1 Å². The van der Waals surface area contributed by atoms with Crippen LogP contribution in [0.25, 0.3) is 11.4 Å². The fourth-order valence-corrected chi connectivity index (χ4v) is 3.33. The van der Waals surface area contributed by atoms with Gasteiger partial charge in [0, 0.05) is 18.7 Å². The molecule has 1 aliphatic heterocycles. The van der Waals surface area contributed by atoms with Crippen molar-refractivity contribution in [1.29, 1.82) is 0 Å². The molecule has 26 heavy (non-hydrogen) atoms. The number of aliphatic hydroxyl groups is 1. The lowest BCUT2D eigenvalue weighted by atomic mass is 10.1. The summed E-state index contributed by atoms with van der Waals surface area (Å²) in [6.45, 7) is 3.32. The first-order valence-electron chi connectivity index (χ1n) is 8.66. The predicted molar refractivity (Wildman–Crippen MR) is 94.6 cm³/mol. The Kier molecular flexibility index (Phi) is 4.53. The number of aliphatic hydroxyl groups excluding tert-OH is 1. The van der Waals surface area contributed by atoms with Crippen molar-refractivity contribution in [3.05, 3.63) is 71.4 Å². The minimum absolute atomic E-state index is 0.131.